The molecule has 2 N–H and O–H groups in total. The quantitative estimate of drug-likeness (QED) is 0.537. The predicted molar refractivity (Wildman–Crippen MR) is 120 cm³/mol. The predicted octanol–water partition coefficient (Wildman–Crippen LogP) is 4.54. The van der Waals surface area contributed by atoms with Gasteiger partial charge in [0.1, 0.15) is 11.5 Å². The highest BCUT2D eigenvalue weighted by atomic mass is 32.2. The molecule has 7 nitrogen and oxygen atoms in total. The number of methoxy groups -OCH3 is 1. The van der Waals surface area contributed by atoms with Crippen molar-refractivity contribution in [3.8, 4) is 11.5 Å². The number of benzene rings is 3. The number of anilines is 2. The minimum Gasteiger partial charge on any atom is -0.495 e. The zero-order valence-electron chi connectivity index (χ0n) is 17.5. The van der Waals surface area contributed by atoms with Crippen LogP contribution in [-0.2, 0) is 10.0 Å². The number of carbonyl (C=O) groups is 1. The second kappa shape index (κ2) is 9.53. The number of sulfonamides is 1. The minimum absolute atomic E-state index is 0.0437. The van der Waals surface area contributed by atoms with Gasteiger partial charge in [0.2, 0.25) is 0 Å². The Morgan fingerprint density at radius 2 is 1.52 bits per heavy atom. The Morgan fingerprint density at radius 3 is 2.19 bits per heavy atom. The first kappa shape index (κ1) is 22.2. The number of ether oxygens (including phenoxy) is 2. The average Bonchev–Trinajstić information content (AvgIpc) is 2.75. The Hall–Kier alpha value is -3.52. The summed E-state index contributed by atoms with van der Waals surface area (Å²) in [7, 11) is -2.48. The summed E-state index contributed by atoms with van der Waals surface area (Å²) in [6, 6.07) is 19.5. The molecule has 31 heavy (non-hydrogen) atoms. The monoisotopic (exact) mass is 440 g/mol. The van der Waals surface area contributed by atoms with Crippen molar-refractivity contribution in [2.75, 3.05) is 17.1 Å². The van der Waals surface area contributed by atoms with Gasteiger partial charge in [0, 0.05) is 5.56 Å². The molecule has 0 aliphatic heterocycles. The molecule has 0 unspecified atom stereocenters. The second-order valence-corrected chi connectivity index (χ2v) is 8.63. The van der Waals surface area contributed by atoms with Crippen LogP contribution >= 0.6 is 0 Å². The Bertz CT molecular complexity index is 1180. The molecule has 0 aliphatic rings. The zero-order chi connectivity index (χ0) is 22.4. The van der Waals surface area contributed by atoms with Crippen LogP contribution in [0.1, 0.15) is 24.2 Å². The highest BCUT2D eigenvalue weighted by Gasteiger charge is 2.19. The minimum atomic E-state index is -3.93. The number of para-hydroxylation sites is 4. The Labute approximate surface area is 182 Å². The molecule has 0 radical (unpaired) electrons. The summed E-state index contributed by atoms with van der Waals surface area (Å²) in [5, 5.41) is 2.78. The third-order valence-electron chi connectivity index (χ3n) is 4.26. The summed E-state index contributed by atoms with van der Waals surface area (Å²) in [6.45, 7) is 3.78. The van der Waals surface area contributed by atoms with Crippen LogP contribution in [0.5, 0.6) is 11.5 Å². The molecule has 0 saturated heterocycles. The number of nitrogens with one attached hydrogen (secondary N) is 2. The van der Waals surface area contributed by atoms with Gasteiger partial charge in [-0.3, -0.25) is 9.52 Å². The third kappa shape index (κ3) is 5.55. The highest BCUT2D eigenvalue weighted by Crippen LogP contribution is 2.27. The molecule has 0 bridgehead atoms. The van der Waals surface area contributed by atoms with Crippen molar-refractivity contribution in [3.05, 3.63) is 78.4 Å². The molecule has 0 atom stereocenters. The lowest BCUT2D eigenvalue weighted by molar-refractivity contribution is 0.102. The molecule has 3 rings (SSSR count). The molecule has 0 saturated carbocycles. The number of carbonyl (C=O) groups excluding carboxylic acids is 1. The molecule has 0 aromatic heterocycles. The summed E-state index contributed by atoms with van der Waals surface area (Å²) in [4.78, 5) is 12.7. The van der Waals surface area contributed by atoms with Crippen molar-refractivity contribution in [3.63, 3.8) is 0 Å². The van der Waals surface area contributed by atoms with E-state index in [1.165, 1.54) is 25.3 Å². The van der Waals surface area contributed by atoms with Crippen molar-refractivity contribution >= 4 is 27.3 Å². The van der Waals surface area contributed by atoms with Crippen LogP contribution in [0.15, 0.2) is 77.7 Å². The van der Waals surface area contributed by atoms with E-state index in [0.29, 0.717) is 22.9 Å². The van der Waals surface area contributed by atoms with E-state index in [0.717, 1.165) is 0 Å². The largest absolute Gasteiger partial charge is 0.495 e. The number of amides is 1. The van der Waals surface area contributed by atoms with Gasteiger partial charge in [0.05, 0.1) is 29.5 Å². The molecule has 162 valence electrons. The van der Waals surface area contributed by atoms with Crippen LogP contribution in [-0.4, -0.2) is 27.5 Å². The van der Waals surface area contributed by atoms with E-state index in [9.17, 15) is 13.2 Å². The van der Waals surface area contributed by atoms with Gasteiger partial charge >= 0.3 is 0 Å². The molecule has 1 amide bonds. The van der Waals surface area contributed by atoms with Gasteiger partial charge in [-0.2, -0.15) is 0 Å². The molecule has 8 heteroatoms. The van der Waals surface area contributed by atoms with E-state index < -0.39 is 15.9 Å². The first-order chi connectivity index (χ1) is 14.8. The fourth-order valence-electron chi connectivity index (χ4n) is 2.86. The first-order valence-corrected chi connectivity index (χ1v) is 11.1. The molecule has 3 aromatic carbocycles. The standard InChI is InChI=1S/C23H24N2O5S/c1-16(2)30-22-14-7-4-11-19(22)24-23(26)17-9-8-10-18(15-17)31(27,28)25-20-12-5-6-13-21(20)29-3/h4-16,25H,1-3H3,(H,24,26). The van der Waals surface area contributed by atoms with E-state index in [4.69, 9.17) is 9.47 Å². The average molecular weight is 441 g/mol. The van der Waals surface area contributed by atoms with Crippen molar-refractivity contribution < 1.29 is 22.7 Å². The van der Waals surface area contributed by atoms with Crippen LogP contribution in [0.25, 0.3) is 0 Å². The van der Waals surface area contributed by atoms with E-state index in [1.54, 1.807) is 48.5 Å². The molecule has 0 aliphatic carbocycles. The highest BCUT2D eigenvalue weighted by molar-refractivity contribution is 7.92. The van der Waals surface area contributed by atoms with E-state index in [2.05, 4.69) is 10.0 Å². The number of hydrogen-bond donors (Lipinski definition) is 2. The fourth-order valence-corrected chi connectivity index (χ4v) is 3.97. The maximum Gasteiger partial charge on any atom is 0.262 e. The van der Waals surface area contributed by atoms with Crippen molar-refractivity contribution in [1.29, 1.82) is 0 Å². The van der Waals surface area contributed by atoms with Crippen LogP contribution in [0.3, 0.4) is 0 Å². The van der Waals surface area contributed by atoms with Gasteiger partial charge in [-0.05, 0) is 56.3 Å². The molecule has 0 spiro atoms. The van der Waals surface area contributed by atoms with Gasteiger partial charge in [-0.25, -0.2) is 8.42 Å². The Kier molecular flexibility index (Phi) is 6.81. The Morgan fingerprint density at radius 1 is 0.871 bits per heavy atom. The topological polar surface area (TPSA) is 93.7 Å². The van der Waals surface area contributed by atoms with E-state index >= 15 is 0 Å². The molecular weight excluding hydrogens is 416 g/mol. The normalized spacial score (nSPS) is 11.1. The second-order valence-electron chi connectivity index (χ2n) is 6.95. The lowest BCUT2D eigenvalue weighted by Gasteiger charge is -2.15. The first-order valence-electron chi connectivity index (χ1n) is 9.63. The van der Waals surface area contributed by atoms with Gasteiger partial charge in [-0.1, -0.05) is 30.3 Å². The van der Waals surface area contributed by atoms with Crippen molar-refractivity contribution in [1.82, 2.24) is 0 Å². The van der Waals surface area contributed by atoms with Crippen LogP contribution in [0.4, 0.5) is 11.4 Å². The lowest BCUT2D eigenvalue weighted by atomic mass is 10.2. The smallest absolute Gasteiger partial charge is 0.262 e. The summed E-state index contributed by atoms with van der Waals surface area (Å²) < 4.78 is 39.1. The number of rotatable bonds is 8. The maximum absolute atomic E-state index is 12.9. The summed E-state index contributed by atoms with van der Waals surface area (Å²) in [5.74, 6) is 0.475. The van der Waals surface area contributed by atoms with Gasteiger partial charge in [-0.15, -0.1) is 0 Å². The maximum atomic E-state index is 12.9. The van der Waals surface area contributed by atoms with Crippen molar-refractivity contribution in [2.24, 2.45) is 0 Å². The molecular formula is C23H24N2O5S. The molecule has 0 heterocycles. The van der Waals surface area contributed by atoms with Crippen LogP contribution < -0.4 is 19.5 Å². The summed E-state index contributed by atoms with van der Waals surface area (Å²) in [5.41, 5.74) is 1.00. The zero-order valence-corrected chi connectivity index (χ0v) is 18.3. The van der Waals surface area contributed by atoms with E-state index in [-0.39, 0.29) is 16.6 Å². The lowest BCUT2D eigenvalue weighted by Crippen LogP contribution is -2.17. The third-order valence-corrected chi connectivity index (χ3v) is 5.62. The van der Waals surface area contributed by atoms with Crippen LogP contribution in [0, 0.1) is 0 Å². The summed E-state index contributed by atoms with van der Waals surface area (Å²) >= 11 is 0. The molecule has 0 fully saturated rings. The van der Waals surface area contributed by atoms with Gasteiger partial charge in [0.25, 0.3) is 15.9 Å². The van der Waals surface area contributed by atoms with Gasteiger partial charge in [0.15, 0.2) is 0 Å². The van der Waals surface area contributed by atoms with Crippen LogP contribution in [0.2, 0.25) is 0 Å². The van der Waals surface area contributed by atoms with Crippen molar-refractivity contribution in [2.45, 2.75) is 24.8 Å². The summed E-state index contributed by atoms with van der Waals surface area (Å²) in [6.07, 6.45) is -0.0624. The van der Waals surface area contributed by atoms with Gasteiger partial charge < -0.3 is 14.8 Å². The SMILES string of the molecule is COc1ccccc1NS(=O)(=O)c1cccc(C(=O)Nc2ccccc2OC(C)C)c1. The van der Waals surface area contributed by atoms with E-state index in [1.807, 2.05) is 19.9 Å². The Balaban J connectivity index is 1.84. The molecule has 3 aromatic rings. The fraction of sp³-hybridized carbons (Fsp3) is 0.174. The number of hydrogen-bond acceptors (Lipinski definition) is 5.